The summed E-state index contributed by atoms with van der Waals surface area (Å²) in [6.45, 7) is 1.62. The number of hydrogen-bond donors (Lipinski definition) is 1. The van der Waals surface area contributed by atoms with E-state index in [1.807, 2.05) is 29.8 Å². The Morgan fingerprint density at radius 1 is 1.40 bits per heavy atom. The molecule has 1 amide bonds. The predicted molar refractivity (Wildman–Crippen MR) is 78.5 cm³/mol. The number of carbonyl (C=O) groups excluding carboxylic acids is 1. The van der Waals surface area contributed by atoms with Crippen LogP contribution in [0.4, 0.5) is 5.69 Å². The second-order valence-corrected chi connectivity index (χ2v) is 6.47. The van der Waals surface area contributed by atoms with Crippen LogP contribution in [-0.4, -0.2) is 47.4 Å². The molecule has 0 aromatic heterocycles. The van der Waals surface area contributed by atoms with E-state index in [4.69, 9.17) is 4.74 Å². The van der Waals surface area contributed by atoms with Crippen molar-refractivity contribution < 1.29 is 17.9 Å². The van der Waals surface area contributed by atoms with Crippen LogP contribution in [0.2, 0.25) is 0 Å². The summed E-state index contributed by atoms with van der Waals surface area (Å²) in [4.78, 5) is 13.8. The monoisotopic (exact) mass is 300 g/mol. The lowest BCUT2D eigenvalue weighted by atomic mass is 10.2. The van der Waals surface area contributed by atoms with E-state index >= 15 is 0 Å². The van der Waals surface area contributed by atoms with Gasteiger partial charge in [0.25, 0.3) is 5.91 Å². The molecule has 0 aliphatic carbocycles. The van der Waals surface area contributed by atoms with Crippen LogP contribution in [0.25, 0.3) is 0 Å². The first-order valence-corrected chi connectivity index (χ1v) is 7.75. The van der Waals surface area contributed by atoms with Crippen molar-refractivity contribution in [2.24, 2.45) is 0 Å². The highest BCUT2D eigenvalue weighted by Crippen LogP contribution is 2.13. The van der Waals surface area contributed by atoms with Gasteiger partial charge >= 0.3 is 0 Å². The fourth-order valence-electron chi connectivity index (χ4n) is 1.54. The van der Waals surface area contributed by atoms with E-state index in [9.17, 15) is 13.2 Å². The maximum atomic E-state index is 12.0. The van der Waals surface area contributed by atoms with Gasteiger partial charge in [-0.3, -0.25) is 4.79 Å². The van der Waals surface area contributed by atoms with Crippen molar-refractivity contribution in [1.29, 1.82) is 0 Å². The van der Waals surface area contributed by atoms with Crippen molar-refractivity contribution in [1.82, 2.24) is 4.72 Å². The Balaban J connectivity index is 2.83. The van der Waals surface area contributed by atoms with Gasteiger partial charge in [-0.2, -0.15) is 0 Å². The van der Waals surface area contributed by atoms with Crippen LogP contribution in [0, 0.1) is 0 Å². The molecule has 0 radical (unpaired) electrons. The topological polar surface area (TPSA) is 75.7 Å². The number of methoxy groups -OCH3 is 1. The molecule has 0 heterocycles. The van der Waals surface area contributed by atoms with Gasteiger partial charge in [0.1, 0.15) is 0 Å². The van der Waals surface area contributed by atoms with Gasteiger partial charge < -0.3 is 9.64 Å². The molecule has 1 aromatic rings. The van der Waals surface area contributed by atoms with E-state index < -0.39 is 22.0 Å². The molecule has 20 heavy (non-hydrogen) atoms. The number of ether oxygens (including phenoxy) is 1. The lowest BCUT2D eigenvalue weighted by Crippen LogP contribution is -2.36. The van der Waals surface area contributed by atoms with E-state index in [2.05, 4.69) is 0 Å². The summed E-state index contributed by atoms with van der Waals surface area (Å²) in [7, 11) is 1.39. The fraction of sp³-hybridized carbons (Fsp3) is 0.462. The molecule has 0 saturated heterocycles. The van der Waals surface area contributed by atoms with E-state index in [0.29, 0.717) is 5.56 Å². The number of carbonyl (C=O) groups is 1. The van der Waals surface area contributed by atoms with Gasteiger partial charge in [0.05, 0.1) is 11.9 Å². The highest BCUT2D eigenvalue weighted by atomic mass is 32.2. The van der Waals surface area contributed by atoms with Crippen molar-refractivity contribution in [3.63, 3.8) is 0 Å². The van der Waals surface area contributed by atoms with Gasteiger partial charge in [-0.1, -0.05) is 6.07 Å². The van der Waals surface area contributed by atoms with Crippen LogP contribution in [0.15, 0.2) is 24.3 Å². The third kappa shape index (κ3) is 4.82. The van der Waals surface area contributed by atoms with E-state index in [1.165, 1.54) is 7.11 Å². The zero-order valence-electron chi connectivity index (χ0n) is 12.1. The maximum Gasteiger partial charge on any atom is 0.264 e. The molecule has 1 N–H and O–H groups in total. The van der Waals surface area contributed by atoms with Gasteiger partial charge in [-0.25, -0.2) is 13.1 Å². The number of amides is 1. The number of nitrogens with zero attached hydrogens (tertiary/aromatic N) is 1. The summed E-state index contributed by atoms with van der Waals surface area (Å²) < 4.78 is 30.5. The lowest BCUT2D eigenvalue weighted by molar-refractivity contribution is 0.0980. The second kappa shape index (κ2) is 6.71. The zero-order chi connectivity index (χ0) is 15.3. The SMILES string of the molecule is COC(C)CS(=O)(=O)NC(=O)c1cccc(N(C)C)c1. The molecule has 0 fully saturated rings. The van der Waals surface area contributed by atoms with Crippen LogP contribution < -0.4 is 9.62 Å². The Hall–Kier alpha value is -1.60. The molecular weight excluding hydrogens is 280 g/mol. The third-order valence-corrected chi connectivity index (χ3v) is 4.13. The molecule has 112 valence electrons. The molecule has 0 aliphatic rings. The number of hydrogen-bond acceptors (Lipinski definition) is 5. The van der Waals surface area contributed by atoms with Gasteiger partial charge in [-0.15, -0.1) is 0 Å². The Labute approximate surface area is 119 Å². The smallest absolute Gasteiger partial charge is 0.264 e. The van der Waals surface area contributed by atoms with E-state index in [-0.39, 0.29) is 5.75 Å². The van der Waals surface area contributed by atoms with Crippen LogP contribution in [0.5, 0.6) is 0 Å². The molecule has 0 saturated carbocycles. The second-order valence-electron chi connectivity index (χ2n) is 4.70. The summed E-state index contributed by atoms with van der Waals surface area (Å²) in [6, 6.07) is 6.73. The first-order chi connectivity index (χ1) is 9.25. The van der Waals surface area contributed by atoms with Gasteiger partial charge in [0, 0.05) is 32.5 Å². The largest absolute Gasteiger partial charge is 0.381 e. The Bertz CT molecular complexity index is 569. The van der Waals surface area contributed by atoms with Crippen molar-refractivity contribution in [2.75, 3.05) is 31.9 Å². The molecule has 0 bridgehead atoms. The van der Waals surface area contributed by atoms with Crippen LogP contribution >= 0.6 is 0 Å². The number of sulfonamides is 1. The van der Waals surface area contributed by atoms with E-state index in [0.717, 1.165) is 5.69 Å². The predicted octanol–water partition coefficient (Wildman–Crippen LogP) is 0.847. The minimum absolute atomic E-state index is 0.261. The Morgan fingerprint density at radius 3 is 2.60 bits per heavy atom. The molecule has 0 spiro atoms. The standard InChI is InChI=1S/C13H20N2O4S/c1-10(19-4)9-20(17,18)14-13(16)11-6-5-7-12(8-11)15(2)3/h5-8,10H,9H2,1-4H3,(H,14,16). The highest BCUT2D eigenvalue weighted by molar-refractivity contribution is 7.90. The van der Waals surface area contributed by atoms with Gasteiger partial charge in [0.15, 0.2) is 0 Å². The molecular formula is C13H20N2O4S. The van der Waals surface area contributed by atoms with Crippen LogP contribution in [-0.2, 0) is 14.8 Å². The molecule has 1 unspecified atom stereocenters. The number of anilines is 1. The molecule has 6 nitrogen and oxygen atoms in total. The van der Waals surface area contributed by atoms with Crippen molar-refractivity contribution in [3.8, 4) is 0 Å². The molecule has 1 rings (SSSR count). The first kappa shape index (κ1) is 16.5. The first-order valence-electron chi connectivity index (χ1n) is 6.10. The molecule has 0 aliphatic heterocycles. The minimum Gasteiger partial charge on any atom is -0.381 e. The Morgan fingerprint density at radius 2 is 2.05 bits per heavy atom. The quantitative estimate of drug-likeness (QED) is 0.843. The number of rotatable bonds is 6. The fourth-order valence-corrected chi connectivity index (χ4v) is 2.78. The summed E-state index contributed by atoms with van der Waals surface area (Å²) in [5.41, 5.74) is 1.12. The molecule has 1 atom stereocenters. The third-order valence-electron chi connectivity index (χ3n) is 2.73. The lowest BCUT2D eigenvalue weighted by Gasteiger charge is -2.14. The van der Waals surface area contributed by atoms with Crippen LogP contribution in [0.3, 0.4) is 0 Å². The summed E-state index contributed by atoms with van der Waals surface area (Å²) in [5, 5.41) is 0. The van der Waals surface area contributed by atoms with Crippen molar-refractivity contribution in [3.05, 3.63) is 29.8 Å². The minimum atomic E-state index is -3.71. The molecule has 1 aromatic carbocycles. The summed E-state index contributed by atoms with van der Waals surface area (Å²) >= 11 is 0. The average molecular weight is 300 g/mol. The normalized spacial score (nSPS) is 12.8. The summed E-state index contributed by atoms with van der Waals surface area (Å²) in [6.07, 6.45) is -0.478. The molecule has 7 heteroatoms. The summed E-state index contributed by atoms with van der Waals surface area (Å²) in [5.74, 6) is -0.903. The van der Waals surface area contributed by atoms with Crippen molar-refractivity contribution in [2.45, 2.75) is 13.0 Å². The van der Waals surface area contributed by atoms with Gasteiger partial charge in [-0.05, 0) is 25.1 Å². The van der Waals surface area contributed by atoms with Gasteiger partial charge in [0.2, 0.25) is 10.0 Å². The highest BCUT2D eigenvalue weighted by Gasteiger charge is 2.19. The van der Waals surface area contributed by atoms with Crippen LogP contribution in [0.1, 0.15) is 17.3 Å². The van der Waals surface area contributed by atoms with E-state index in [1.54, 1.807) is 25.1 Å². The zero-order valence-corrected chi connectivity index (χ0v) is 12.9. The average Bonchev–Trinajstić information content (AvgIpc) is 2.37. The Kier molecular flexibility index (Phi) is 5.52. The number of benzene rings is 1. The number of nitrogens with one attached hydrogen (secondary N) is 1. The maximum absolute atomic E-state index is 12.0. The van der Waals surface area contributed by atoms with Crippen molar-refractivity contribution >= 4 is 21.6 Å².